The van der Waals surface area contributed by atoms with Crippen LogP contribution in [0, 0.1) is 19.8 Å². The highest BCUT2D eigenvalue weighted by Gasteiger charge is 2.34. The van der Waals surface area contributed by atoms with Gasteiger partial charge in [0.2, 0.25) is 0 Å². The number of fused-ring (bicyclic) bond motifs is 2. The first kappa shape index (κ1) is 12.6. The van der Waals surface area contributed by atoms with Crippen molar-refractivity contribution in [2.24, 2.45) is 5.92 Å². The number of piperidine rings is 1. The molecule has 1 N–H and O–H groups in total. The van der Waals surface area contributed by atoms with Gasteiger partial charge < -0.3 is 10.2 Å². The van der Waals surface area contributed by atoms with Gasteiger partial charge in [0.15, 0.2) is 0 Å². The maximum atomic E-state index is 4.54. The fourth-order valence-electron chi connectivity index (χ4n) is 3.52. The Balaban J connectivity index is 1.67. The topological polar surface area (TPSA) is 28.2 Å². The minimum atomic E-state index is 0.452. The minimum Gasteiger partial charge on any atom is -0.306 e. The number of rotatable bonds is 3. The van der Waals surface area contributed by atoms with E-state index in [-0.39, 0.29) is 0 Å². The van der Waals surface area contributed by atoms with Crippen LogP contribution in [0.5, 0.6) is 0 Å². The lowest BCUT2D eigenvalue weighted by atomic mass is 9.93. The standard InChI is InChI=1S/C14H23N3S/c1-9-14(18-11(3)15-9)10(2)16-13-5-7-17-6-4-12(13)8-17/h10,12-13,16H,4-8H2,1-3H3. The molecule has 3 nitrogen and oxygen atoms in total. The van der Waals surface area contributed by atoms with Crippen LogP contribution in [0.25, 0.3) is 0 Å². The van der Waals surface area contributed by atoms with Gasteiger partial charge >= 0.3 is 0 Å². The second kappa shape index (κ2) is 4.91. The van der Waals surface area contributed by atoms with E-state index in [2.05, 4.69) is 36.0 Å². The second-order valence-electron chi connectivity index (χ2n) is 5.82. The van der Waals surface area contributed by atoms with Gasteiger partial charge in [-0.1, -0.05) is 0 Å². The molecule has 2 aliphatic heterocycles. The summed E-state index contributed by atoms with van der Waals surface area (Å²) in [7, 11) is 0. The Labute approximate surface area is 114 Å². The van der Waals surface area contributed by atoms with E-state index < -0.39 is 0 Å². The Kier molecular flexibility index (Phi) is 3.43. The lowest BCUT2D eigenvalue weighted by molar-refractivity contribution is 0.212. The second-order valence-corrected chi connectivity index (χ2v) is 7.05. The van der Waals surface area contributed by atoms with Gasteiger partial charge in [0.05, 0.1) is 10.7 Å². The summed E-state index contributed by atoms with van der Waals surface area (Å²) in [6.07, 6.45) is 2.69. The number of aryl methyl sites for hydroxylation is 2. The minimum absolute atomic E-state index is 0.452. The molecule has 0 radical (unpaired) electrons. The number of aromatic nitrogens is 1. The van der Waals surface area contributed by atoms with Crippen LogP contribution in [-0.4, -0.2) is 35.6 Å². The number of nitrogens with one attached hydrogen (secondary N) is 1. The molecule has 2 aliphatic rings. The van der Waals surface area contributed by atoms with Crippen LogP contribution >= 0.6 is 11.3 Å². The Bertz CT molecular complexity index is 429. The quantitative estimate of drug-likeness (QED) is 0.910. The molecule has 0 saturated carbocycles. The molecule has 2 bridgehead atoms. The van der Waals surface area contributed by atoms with Gasteiger partial charge in [-0.05, 0) is 52.6 Å². The molecular formula is C14H23N3S. The summed E-state index contributed by atoms with van der Waals surface area (Å²) in [6, 6.07) is 1.16. The molecule has 0 spiro atoms. The lowest BCUT2D eigenvalue weighted by Gasteiger charge is -2.33. The lowest BCUT2D eigenvalue weighted by Crippen LogP contribution is -2.44. The summed E-state index contributed by atoms with van der Waals surface area (Å²) < 4.78 is 0. The van der Waals surface area contributed by atoms with Gasteiger partial charge in [0.1, 0.15) is 0 Å². The van der Waals surface area contributed by atoms with Crippen LogP contribution in [0.15, 0.2) is 0 Å². The molecule has 3 heterocycles. The predicted molar refractivity (Wildman–Crippen MR) is 76.1 cm³/mol. The van der Waals surface area contributed by atoms with E-state index in [9.17, 15) is 0 Å². The summed E-state index contributed by atoms with van der Waals surface area (Å²) >= 11 is 1.85. The molecule has 4 unspecified atom stereocenters. The van der Waals surface area contributed by atoms with Gasteiger partial charge in [-0.3, -0.25) is 0 Å². The monoisotopic (exact) mass is 265 g/mol. The molecule has 0 aliphatic carbocycles. The zero-order chi connectivity index (χ0) is 12.7. The first-order chi connectivity index (χ1) is 8.63. The summed E-state index contributed by atoms with van der Waals surface area (Å²) in [5.41, 5.74) is 1.21. The van der Waals surface area contributed by atoms with Gasteiger partial charge in [0.25, 0.3) is 0 Å². The Morgan fingerprint density at radius 1 is 1.33 bits per heavy atom. The smallest absolute Gasteiger partial charge is 0.0900 e. The highest BCUT2D eigenvalue weighted by Crippen LogP contribution is 2.30. The average molecular weight is 265 g/mol. The summed E-state index contributed by atoms with van der Waals surface area (Å²) in [5, 5.41) is 5.05. The van der Waals surface area contributed by atoms with E-state index in [1.807, 2.05) is 11.3 Å². The van der Waals surface area contributed by atoms with Crippen LogP contribution in [0.3, 0.4) is 0 Å². The first-order valence-corrected chi connectivity index (χ1v) is 7.87. The summed E-state index contributed by atoms with van der Waals surface area (Å²) in [5.74, 6) is 0.871. The number of nitrogens with zero attached hydrogens (tertiary/aromatic N) is 2. The van der Waals surface area contributed by atoms with Gasteiger partial charge in [0, 0.05) is 23.5 Å². The van der Waals surface area contributed by atoms with E-state index in [4.69, 9.17) is 0 Å². The molecule has 4 atom stereocenters. The van der Waals surface area contributed by atoms with Crippen LogP contribution in [0.2, 0.25) is 0 Å². The Morgan fingerprint density at radius 2 is 2.11 bits per heavy atom. The zero-order valence-electron chi connectivity index (χ0n) is 11.6. The molecule has 4 heteroatoms. The molecule has 2 saturated heterocycles. The van der Waals surface area contributed by atoms with E-state index in [1.165, 1.54) is 48.1 Å². The molecule has 100 valence electrons. The summed E-state index contributed by atoms with van der Waals surface area (Å²) in [6.45, 7) is 10.4. The highest BCUT2D eigenvalue weighted by atomic mass is 32.1. The first-order valence-electron chi connectivity index (χ1n) is 7.06. The van der Waals surface area contributed by atoms with Crippen molar-refractivity contribution in [1.29, 1.82) is 0 Å². The van der Waals surface area contributed by atoms with Crippen molar-refractivity contribution in [3.8, 4) is 0 Å². The molecule has 18 heavy (non-hydrogen) atoms. The van der Waals surface area contributed by atoms with E-state index in [0.29, 0.717) is 12.1 Å². The van der Waals surface area contributed by atoms with Crippen LogP contribution in [0.4, 0.5) is 0 Å². The molecule has 0 aromatic carbocycles. The maximum Gasteiger partial charge on any atom is 0.0900 e. The summed E-state index contributed by atoms with van der Waals surface area (Å²) in [4.78, 5) is 8.57. The van der Waals surface area contributed by atoms with E-state index in [0.717, 1.165) is 5.92 Å². The Hall–Kier alpha value is -0.450. The number of hydrogen-bond donors (Lipinski definition) is 1. The molecular weight excluding hydrogens is 242 g/mol. The van der Waals surface area contributed by atoms with E-state index in [1.54, 1.807) is 0 Å². The van der Waals surface area contributed by atoms with Gasteiger partial charge in [-0.15, -0.1) is 11.3 Å². The number of thiazole rings is 1. The maximum absolute atomic E-state index is 4.54. The fraction of sp³-hybridized carbons (Fsp3) is 0.786. The molecule has 3 rings (SSSR count). The third-order valence-electron chi connectivity index (χ3n) is 4.43. The van der Waals surface area contributed by atoms with Crippen molar-refractivity contribution < 1.29 is 0 Å². The van der Waals surface area contributed by atoms with Crippen LogP contribution < -0.4 is 5.32 Å². The molecule has 0 amide bonds. The normalized spacial score (nSPS) is 32.7. The van der Waals surface area contributed by atoms with Crippen molar-refractivity contribution in [2.75, 3.05) is 19.6 Å². The van der Waals surface area contributed by atoms with E-state index >= 15 is 0 Å². The highest BCUT2D eigenvalue weighted by molar-refractivity contribution is 7.11. The molecule has 1 aromatic rings. The SMILES string of the molecule is Cc1nc(C)c(C(C)NC2CCN3CCC2C3)s1. The van der Waals surface area contributed by atoms with Crippen LogP contribution in [-0.2, 0) is 0 Å². The third-order valence-corrected chi connectivity index (χ3v) is 5.69. The molecule has 2 fully saturated rings. The fourth-order valence-corrected chi connectivity index (χ4v) is 4.46. The van der Waals surface area contributed by atoms with Crippen molar-refractivity contribution >= 4 is 11.3 Å². The predicted octanol–water partition coefficient (Wildman–Crippen LogP) is 2.50. The largest absolute Gasteiger partial charge is 0.306 e. The third kappa shape index (κ3) is 2.33. The van der Waals surface area contributed by atoms with Crippen molar-refractivity contribution in [2.45, 2.75) is 45.7 Å². The van der Waals surface area contributed by atoms with Crippen molar-refractivity contribution in [3.05, 3.63) is 15.6 Å². The molecule has 1 aromatic heterocycles. The van der Waals surface area contributed by atoms with Gasteiger partial charge in [-0.25, -0.2) is 4.98 Å². The number of hydrogen-bond acceptors (Lipinski definition) is 4. The Morgan fingerprint density at radius 3 is 2.83 bits per heavy atom. The van der Waals surface area contributed by atoms with Gasteiger partial charge in [-0.2, -0.15) is 0 Å². The van der Waals surface area contributed by atoms with Crippen LogP contribution in [0.1, 0.15) is 41.4 Å². The zero-order valence-corrected chi connectivity index (χ0v) is 12.4. The average Bonchev–Trinajstić information content (AvgIpc) is 2.87. The van der Waals surface area contributed by atoms with Crippen molar-refractivity contribution in [3.63, 3.8) is 0 Å². The van der Waals surface area contributed by atoms with Crippen molar-refractivity contribution in [1.82, 2.24) is 15.2 Å².